The van der Waals surface area contributed by atoms with E-state index in [-0.39, 0.29) is 28.4 Å². The van der Waals surface area contributed by atoms with Crippen LogP contribution in [-0.2, 0) is 32.3 Å². The van der Waals surface area contributed by atoms with Crippen LogP contribution in [-0.4, -0.2) is 34.2 Å². The zero-order valence-corrected chi connectivity index (χ0v) is 11.9. The van der Waals surface area contributed by atoms with Crippen molar-refractivity contribution in [1.29, 1.82) is 0 Å². The first-order valence-electron chi connectivity index (χ1n) is 4.60. The number of halogens is 1. The number of carbonyl (C=O) groups excluding carboxylic acids is 2. The van der Waals surface area contributed by atoms with Gasteiger partial charge in [0.1, 0.15) is 10.8 Å². The van der Waals surface area contributed by atoms with Crippen molar-refractivity contribution in [2.45, 2.75) is 0 Å². The topological polar surface area (TPSA) is 129 Å². The fourth-order valence-corrected chi connectivity index (χ4v) is 1.52. The van der Waals surface area contributed by atoms with E-state index in [9.17, 15) is 14.7 Å². The second-order valence-corrected chi connectivity index (χ2v) is 4.59. The molecule has 20 heavy (non-hydrogen) atoms. The van der Waals surface area contributed by atoms with E-state index in [2.05, 4.69) is 0 Å². The van der Waals surface area contributed by atoms with Gasteiger partial charge in [-0.2, -0.15) is 8.42 Å². The van der Waals surface area contributed by atoms with Crippen LogP contribution < -0.4 is 0 Å². The predicted octanol–water partition coefficient (Wildman–Crippen LogP) is 1.26. The van der Waals surface area contributed by atoms with Gasteiger partial charge in [-0.3, -0.25) is 18.7 Å². The molecule has 0 saturated heterocycles. The van der Waals surface area contributed by atoms with Crippen molar-refractivity contribution in [2.24, 2.45) is 0 Å². The van der Waals surface area contributed by atoms with Gasteiger partial charge < -0.3 is 5.11 Å². The van der Waals surface area contributed by atoms with E-state index >= 15 is 0 Å². The van der Waals surface area contributed by atoms with E-state index in [1.54, 1.807) is 12.1 Å². The van der Waals surface area contributed by atoms with Gasteiger partial charge in [0.25, 0.3) is 0 Å². The number of fused-ring (bicyclic) bond motifs is 1. The quantitative estimate of drug-likeness (QED) is 0.356. The molecule has 0 aromatic heterocycles. The molecular weight excluding hydrogens is 363 g/mol. The van der Waals surface area contributed by atoms with E-state index in [1.165, 1.54) is 12.1 Å². The van der Waals surface area contributed by atoms with Gasteiger partial charge in [-0.15, -0.1) is 0 Å². The van der Waals surface area contributed by atoms with Crippen molar-refractivity contribution in [3.8, 4) is 0 Å². The fraction of sp³-hybridized carbons (Fsp3) is 0. The summed E-state index contributed by atoms with van der Waals surface area (Å²) in [6.07, 6.45) is 0. The van der Waals surface area contributed by atoms with Crippen molar-refractivity contribution in [3.63, 3.8) is 0 Å². The molecule has 1 aromatic rings. The van der Waals surface area contributed by atoms with Crippen LogP contribution in [0, 0.1) is 0 Å². The van der Waals surface area contributed by atoms with Gasteiger partial charge in [0.15, 0.2) is 0 Å². The van der Waals surface area contributed by atoms with Crippen LogP contribution >= 0.6 is 11.6 Å². The van der Waals surface area contributed by atoms with E-state index in [0.29, 0.717) is 5.56 Å². The van der Waals surface area contributed by atoms with Crippen LogP contribution in [0.1, 0.15) is 15.9 Å². The Bertz CT molecular complexity index is 673. The molecule has 0 aliphatic heterocycles. The smallest absolute Gasteiger partial charge is 0.394 e. The van der Waals surface area contributed by atoms with E-state index in [1.807, 2.05) is 0 Å². The molecule has 3 N–H and O–H groups in total. The zero-order valence-electron chi connectivity index (χ0n) is 9.37. The molecule has 0 fully saturated rings. The number of allylic oxidation sites excluding steroid dienone is 1. The molecular formula is C10H7ClCuO7S. The third-order valence-electron chi connectivity index (χ3n) is 2.04. The average Bonchev–Trinajstić information content (AvgIpc) is 2.32. The first kappa shape index (κ1) is 18.8. The first-order chi connectivity index (χ1) is 8.63. The number of Topliss-reactive ketones (excluding diaryl/α,β-unsaturated/α-hetero) is 2. The molecule has 1 aliphatic rings. The number of aliphatic hydroxyl groups excluding tert-OH is 1. The molecule has 2 rings (SSSR count). The summed E-state index contributed by atoms with van der Waals surface area (Å²) in [5.74, 6) is -1.86. The minimum absolute atomic E-state index is 0. The normalized spacial score (nSPS) is 13.9. The Kier molecular flexibility index (Phi) is 6.55. The van der Waals surface area contributed by atoms with Crippen LogP contribution in [0.4, 0.5) is 0 Å². The second-order valence-electron chi connectivity index (χ2n) is 3.31. The van der Waals surface area contributed by atoms with Gasteiger partial charge in [-0.25, -0.2) is 0 Å². The fourth-order valence-electron chi connectivity index (χ4n) is 1.34. The summed E-state index contributed by atoms with van der Waals surface area (Å²) in [5.41, 5.74) is 0.501. The number of ketones is 2. The Morgan fingerprint density at radius 3 is 1.80 bits per heavy atom. The SMILES string of the molecule is O=C1C(=O)c2ccccc2C(O)=C1Cl.O=S(=O)(O)O.[Cu]. The zero-order chi connectivity index (χ0) is 14.8. The summed E-state index contributed by atoms with van der Waals surface area (Å²) in [6, 6.07) is 6.30. The summed E-state index contributed by atoms with van der Waals surface area (Å²) in [4.78, 5) is 22.6. The predicted molar refractivity (Wildman–Crippen MR) is 65.4 cm³/mol. The van der Waals surface area contributed by atoms with Crippen molar-refractivity contribution >= 4 is 39.3 Å². The molecule has 0 saturated carbocycles. The van der Waals surface area contributed by atoms with Crippen molar-refractivity contribution < 1.29 is 49.3 Å². The van der Waals surface area contributed by atoms with Gasteiger partial charge in [0.2, 0.25) is 11.6 Å². The number of hydrogen-bond donors (Lipinski definition) is 3. The Balaban J connectivity index is 0.000000526. The number of hydrogen-bond acceptors (Lipinski definition) is 5. The largest absolute Gasteiger partial charge is 0.506 e. The van der Waals surface area contributed by atoms with Gasteiger partial charge in [0.05, 0.1) is 0 Å². The number of rotatable bonds is 0. The summed E-state index contributed by atoms with van der Waals surface area (Å²) in [6.45, 7) is 0. The van der Waals surface area contributed by atoms with Gasteiger partial charge >= 0.3 is 10.4 Å². The third-order valence-corrected chi connectivity index (χ3v) is 2.39. The third kappa shape index (κ3) is 4.71. The van der Waals surface area contributed by atoms with Gasteiger partial charge in [0, 0.05) is 28.2 Å². The Hall–Kier alpha value is -1.22. The molecule has 113 valence electrons. The average molecular weight is 370 g/mol. The van der Waals surface area contributed by atoms with Crippen molar-refractivity contribution in [1.82, 2.24) is 0 Å². The molecule has 1 aliphatic carbocycles. The van der Waals surface area contributed by atoms with Crippen LogP contribution in [0.15, 0.2) is 29.3 Å². The minimum Gasteiger partial charge on any atom is -0.506 e. The number of benzene rings is 1. The summed E-state index contributed by atoms with van der Waals surface area (Å²) >= 11 is 5.50. The molecule has 0 atom stereocenters. The Morgan fingerprint density at radius 1 is 0.950 bits per heavy atom. The Labute approximate surface area is 129 Å². The van der Waals surface area contributed by atoms with E-state index in [4.69, 9.17) is 29.1 Å². The van der Waals surface area contributed by atoms with Crippen molar-refractivity contribution in [3.05, 3.63) is 40.4 Å². The number of aliphatic hydroxyl groups is 1. The molecule has 0 unspecified atom stereocenters. The first-order valence-corrected chi connectivity index (χ1v) is 6.37. The van der Waals surface area contributed by atoms with Crippen LogP contribution in [0.25, 0.3) is 5.76 Å². The number of carbonyl (C=O) groups is 2. The van der Waals surface area contributed by atoms with Crippen molar-refractivity contribution in [2.75, 3.05) is 0 Å². The summed E-state index contributed by atoms with van der Waals surface area (Å²) in [5, 5.41) is 9.08. The van der Waals surface area contributed by atoms with E-state index < -0.39 is 27.0 Å². The molecule has 0 bridgehead atoms. The Morgan fingerprint density at radius 2 is 1.35 bits per heavy atom. The molecule has 0 amide bonds. The molecule has 1 radical (unpaired) electrons. The van der Waals surface area contributed by atoms with Gasteiger partial charge in [-0.05, 0) is 0 Å². The maximum absolute atomic E-state index is 11.4. The maximum Gasteiger partial charge on any atom is 0.394 e. The van der Waals surface area contributed by atoms with Crippen LogP contribution in [0.5, 0.6) is 0 Å². The summed E-state index contributed by atoms with van der Waals surface area (Å²) < 4.78 is 31.6. The molecule has 7 nitrogen and oxygen atoms in total. The monoisotopic (exact) mass is 369 g/mol. The molecule has 1 aromatic carbocycles. The van der Waals surface area contributed by atoms with E-state index in [0.717, 1.165) is 0 Å². The molecule has 0 spiro atoms. The van der Waals surface area contributed by atoms with Gasteiger partial charge in [-0.1, -0.05) is 35.9 Å². The van der Waals surface area contributed by atoms with Crippen LogP contribution in [0.3, 0.4) is 0 Å². The minimum atomic E-state index is -4.67. The molecule has 0 heterocycles. The standard InChI is InChI=1S/C10H5ClO3.Cu.H2O4S/c11-7-8(12)5-3-1-2-4-6(5)9(13)10(7)14;;1-5(2,3)4/h1-4,12H;;(H2,1,2,3,4). The molecule has 10 heteroatoms. The second kappa shape index (κ2) is 6.98. The maximum atomic E-state index is 11.4. The van der Waals surface area contributed by atoms with Crippen LogP contribution in [0.2, 0.25) is 0 Å². The summed E-state index contributed by atoms with van der Waals surface area (Å²) in [7, 11) is -4.67.